The molecule has 10 rings (SSSR count). The van der Waals surface area contributed by atoms with E-state index in [1.807, 2.05) is 0 Å². The van der Waals surface area contributed by atoms with Crippen LogP contribution in [0.5, 0.6) is 0 Å². The van der Waals surface area contributed by atoms with Gasteiger partial charge in [-0.1, -0.05) is 47.0 Å². The van der Waals surface area contributed by atoms with Crippen molar-refractivity contribution >= 4 is 0 Å². The van der Waals surface area contributed by atoms with Crippen molar-refractivity contribution in [3.05, 3.63) is 0 Å². The van der Waals surface area contributed by atoms with E-state index in [0.717, 1.165) is 5.92 Å². The molecule has 10 fully saturated rings. The van der Waals surface area contributed by atoms with Crippen LogP contribution >= 0.6 is 0 Å². The third-order valence-electron chi connectivity index (χ3n) is 18.0. The molecule has 3 saturated carbocycles. The molecule has 7 heterocycles. The van der Waals surface area contributed by atoms with Gasteiger partial charge in [0.1, 0.15) is 0 Å². The highest BCUT2D eigenvalue weighted by atomic mass is 19.4. The van der Waals surface area contributed by atoms with Gasteiger partial charge >= 0.3 is 6.18 Å². The number of hydrogen-bond acceptors (Lipinski definition) is 4. The van der Waals surface area contributed by atoms with Crippen molar-refractivity contribution in [1.29, 1.82) is 0 Å². The average molecular weight is 705 g/mol. The van der Waals surface area contributed by atoms with Gasteiger partial charge in [-0.2, -0.15) is 13.2 Å². The Morgan fingerprint density at radius 2 is 1.30 bits per heavy atom. The quantitative estimate of drug-likeness (QED) is 0.225. The minimum absolute atomic E-state index is 0.239. The molecule has 0 amide bonds. The predicted molar refractivity (Wildman–Crippen MR) is 200 cm³/mol. The molecule has 0 aromatic carbocycles. The maximum absolute atomic E-state index is 14.1. The first-order chi connectivity index (χ1) is 23.6. The summed E-state index contributed by atoms with van der Waals surface area (Å²) >= 11 is 0. The molecular weight excluding hydrogens is 629 g/mol. The topological polar surface area (TPSA) is 13.0 Å². The van der Waals surface area contributed by atoms with Crippen LogP contribution in [0.4, 0.5) is 13.2 Å². The van der Waals surface area contributed by atoms with Crippen molar-refractivity contribution in [3.8, 4) is 0 Å². The Morgan fingerprint density at radius 1 is 0.720 bits per heavy atom. The molecule has 288 valence electrons. The molecule has 0 aromatic rings. The van der Waals surface area contributed by atoms with E-state index >= 15 is 0 Å². The summed E-state index contributed by atoms with van der Waals surface area (Å²) in [5.41, 5.74) is -0.0634. The highest BCUT2D eigenvalue weighted by molar-refractivity contribution is 5.11. The van der Waals surface area contributed by atoms with Crippen LogP contribution in [-0.4, -0.2) is 103 Å². The molecular formula is C43H75F3N4. The lowest BCUT2D eigenvalue weighted by Crippen LogP contribution is -2.68. The van der Waals surface area contributed by atoms with Gasteiger partial charge in [0.05, 0.1) is 5.41 Å². The second kappa shape index (κ2) is 14.0. The standard InChI is InChI=1S/C43H75F3N4/c1-31(32(2)47(7)24-17-39(4)13-8-9-14-39)37(50-27-20-42(21-28-50)15-10-16-42)36-30-40(5)29-35(38(36)49-22-11-34(40)12-23-49)33(3)48-25-18-41(6,19-26-48)43(44,45)46/h31-38H,8-30H2,1-7H3. The van der Waals surface area contributed by atoms with Crippen molar-refractivity contribution in [2.24, 2.45) is 45.3 Å². The fourth-order valence-electron chi connectivity index (χ4n) is 13.5. The van der Waals surface area contributed by atoms with Crippen molar-refractivity contribution in [1.82, 2.24) is 19.6 Å². The molecule has 8 unspecified atom stereocenters. The number of rotatable bonds is 10. The molecule has 0 radical (unpaired) electrons. The van der Waals surface area contributed by atoms with E-state index in [9.17, 15) is 13.2 Å². The normalized spacial score (nSPS) is 39.5. The van der Waals surface area contributed by atoms with Gasteiger partial charge in [0, 0.05) is 24.2 Å². The summed E-state index contributed by atoms with van der Waals surface area (Å²) in [7, 11) is 2.42. The molecule has 0 N–H and O–H groups in total. The summed E-state index contributed by atoms with van der Waals surface area (Å²) in [6, 6.07) is 1.92. The summed E-state index contributed by atoms with van der Waals surface area (Å²) in [4.78, 5) is 11.2. The van der Waals surface area contributed by atoms with Gasteiger partial charge in [-0.05, 0) is 190 Å². The van der Waals surface area contributed by atoms with Gasteiger partial charge in [0.25, 0.3) is 0 Å². The summed E-state index contributed by atoms with van der Waals surface area (Å²) < 4.78 is 42.2. The Morgan fingerprint density at radius 3 is 1.86 bits per heavy atom. The minimum atomic E-state index is -4.11. The Hall–Kier alpha value is -0.370. The lowest BCUT2D eigenvalue weighted by Gasteiger charge is -2.64. The van der Waals surface area contributed by atoms with E-state index in [-0.39, 0.29) is 12.8 Å². The summed E-state index contributed by atoms with van der Waals surface area (Å²) in [5, 5.41) is 0. The van der Waals surface area contributed by atoms with E-state index in [1.165, 1.54) is 130 Å². The SMILES string of the molecule is CC(C(C)N(C)CCC1(C)CCCC1)C(C1CC2(C)CC(C(C)N3CCC(C)(C(F)(F)F)CC3)C1N1CCC2CC1)N1CCC2(CCC2)CC1. The third kappa shape index (κ3) is 7.00. The fraction of sp³-hybridized carbons (Fsp3) is 1.00. The molecule has 8 atom stereocenters. The second-order valence-electron chi connectivity index (χ2n) is 20.8. The van der Waals surface area contributed by atoms with E-state index in [1.54, 1.807) is 0 Å². The largest absolute Gasteiger partial charge is 0.394 e. The zero-order valence-electron chi connectivity index (χ0n) is 33.3. The van der Waals surface area contributed by atoms with E-state index in [2.05, 4.69) is 61.3 Å². The lowest BCUT2D eigenvalue weighted by atomic mass is 9.51. The molecule has 7 heteroatoms. The van der Waals surface area contributed by atoms with Crippen LogP contribution in [0.3, 0.4) is 0 Å². The highest BCUT2D eigenvalue weighted by Gasteiger charge is 2.59. The molecule has 3 aliphatic carbocycles. The summed E-state index contributed by atoms with van der Waals surface area (Å²) in [5.74, 6) is 2.47. The van der Waals surface area contributed by atoms with Crippen LogP contribution in [0.2, 0.25) is 0 Å². The molecule has 1 spiro atoms. The van der Waals surface area contributed by atoms with Crippen molar-refractivity contribution in [3.63, 3.8) is 0 Å². The van der Waals surface area contributed by atoms with Crippen LogP contribution in [0.15, 0.2) is 0 Å². The van der Waals surface area contributed by atoms with Crippen LogP contribution in [0.25, 0.3) is 0 Å². The van der Waals surface area contributed by atoms with Gasteiger partial charge in [-0.3, -0.25) is 9.80 Å². The van der Waals surface area contributed by atoms with E-state index in [0.29, 0.717) is 71.3 Å². The molecule has 7 aliphatic heterocycles. The lowest BCUT2D eigenvalue weighted by molar-refractivity contribution is -0.233. The predicted octanol–water partition coefficient (Wildman–Crippen LogP) is 9.73. The first-order valence-electron chi connectivity index (χ1n) is 21.6. The van der Waals surface area contributed by atoms with Crippen LogP contribution in [-0.2, 0) is 0 Å². The summed E-state index contributed by atoms with van der Waals surface area (Å²) in [6.07, 6.45) is 15.6. The maximum atomic E-state index is 14.1. The number of piperidine rings is 3. The molecule has 4 nitrogen and oxygen atoms in total. The average Bonchev–Trinajstić information content (AvgIpc) is 3.51. The Labute approximate surface area is 305 Å². The third-order valence-corrected chi connectivity index (χ3v) is 18.0. The maximum Gasteiger partial charge on any atom is 0.394 e. The van der Waals surface area contributed by atoms with Gasteiger partial charge in [0.15, 0.2) is 0 Å². The van der Waals surface area contributed by atoms with Crippen LogP contribution in [0.1, 0.15) is 144 Å². The van der Waals surface area contributed by atoms with E-state index in [4.69, 9.17) is 0 Å². The van der Waals surface area contributed by atoms with Gasteiger partial charge in [-0.15, -0.1) is 0 Å². The molecule has 0 aromatic heterocycles. The van der Waals surface area contributed by atoms with Crippen LogP contribution in [0, 0.1) is 45.3 Å². The molecule has 7 saturated heterocycles. The Kier molecular flexibility index (Phi) is 10.7. The smallest absolute Gasteiger partial charge is 0.303 e. The van der Waals surface area contributed by atoms with Gasteiger partial charge in [-0.25, -0.2) is 0 Å². The zero-order valence-corrected chi connectivity index (χ0v) is 33.3. The molecule has 50 heavy (non-hydrogen) atoms. The highest BCUT2D eigenvalue weighted by Crippen LogP contribution is 2.59. The monoisotopic (exact) mass is 705 g/mol. The first kappa shape index (κ1) is 37.9. The van der Waals surface area contributed by atoms with Crippen molar-refractivity contribution < 1.29 is 13.2 Å². The number of halogens is 3. The van der Waals surface area contributed by atoms with Crippen LogP contribution < -0.4 is 0 Å². The Balaban J connectivity index is 1.17. The minimum Gasteiger partial charge on any atom is -0.303 e. The molecule has 10 aliphatic rings. The van der Waals surface area contributed by atoms with Gasteiger partial charge in [0.2, 0.25) is 0 Å². The van der Waals surface area contributed by atoms with E-state index < -0.39 is 11.6 Å². The second-order valence-corrected chi connectivity index (χ2v) is 20.8. The van der Waals surface area contributed by atoms with Crippen molar-refractivity contribution in [2.75, 3.05) is 52.9 Å². The summed E-state index contributed by atoms with van der Waals surface area (Å²) in [6.45, 7) is 21.6. The number of hydrogen-bond donors (Lipinski definition) is 0. The van der Waals surface area contributed by atoms with Crippen molar-refractivity contribution in [2.45, 2.75) is 175 Å². The Bertz CT molecular complexity index is 1140. The number of nitrogens with zero attached hydrogens (tertiary/aromatic N) is 4. The number of alkyl halides is 3. The number of likely N-dealkylation sites (tertiary alicyclic amines) is 2. The molecule has 4 bridgehead atoms. The van der Waals surface area contributed by atoms with Gasteiger partial charge < -0.3 is 9.80 Å². The first-order valence-corrected chi connectivity index (χ1v) is 21.6. The fourth-order valence-corrected chi connectivity index (χ4v) is 13.5. The zero-order chi connectivity index (χ0) is 35.7.